The number of aliphatic hydroxyl groups is 1. The zero-order valence-electron chi connectivity index (χ0n) is 11.6. The maximum Gasteiger partial charge on any atom is 0.189 e. The minimum absolute atomic E-state index is 0.177. The van der Waals surface area contributed by atoms with Crippen molar-refractivity contribution in [3.63, 3.8) is 0 Å². The summed E-state index contributed by atoms with van der Waals surface area (Å²) in [6.45, 7) is 5.56. The molecule has 1 aromatic carbocycles. The van der Waals surface area contributed by atoms with E-state index in [4.69, 9.17) is 21.1 Å². The smallest absolute Gasteiger partial charge is 0.189 e. The lowest BCUT2D eigenvalue weighted by Crippen LogP contribution is -2.41. The van der Waals surface area contributed by atoms with Crippen LogP contribution in [0.2, 0.25) is 5.02 Å². The number of benzene rings is 1. The van der Waals surface area contributed by atoms with Gasteiger partial charge in [0.05, 0.1) is 12.7 Å². The maximum absolute atomic E-state index is 9.81. The van der Waals surface area contributed by atoms with Gasteiger partial charge in [0, 0.05) is 35.8 Å². The Balaban J connectivity index is 1.78. The molecule has 2 unspecified atom stereocenters. The normalized spacial score (nSPS) is 26.9. The first kappa shape index (κ1) is 14.1. The van der Waals surface area contributed by atoms with Gasteiger partial charge in [-0.05, 0) is 24.5 Å². The van der Waals surface area contributed by atoms with Crippen LogP contribution in [0.3, 0.4) is 0 Å². The van der Waals surface area contributed by atoms with E-state index in [1.165, 1.54) is 0 Å². The van der Waals surface area contributed by atoms with Gasteiger partial charge in [-0.25, -0.2) is 0 Å². The zero-order valence-corrected chi connectivity index (χ0v) is 12.4. The number of likely N-dealkylation sites (tertiary alicyclic amines) is 1. The molecule has 0 aliphatic carbocycles. The summed E-state index contributed by atoms with van der Waals surface area (Å²) in [5.41, 5.74) is 2.13. The van der Waals surface area contributed by atoms with E-state index in [1.54, 1.807) is 0 Å². The van der Waals surface area contributed by atoms with Gasteiger partial charge in [0.25, 0.3) is 0 Å². The van der Waals surface area contributed by atoms with E-state index in [1.807, 2.05) is 12.1 Å². The molecule has 0 spiro atoms. The third-order valence-electron chi connectivity index (χ3n) is 4.09. The van der Waals surface area contributed by atoms with Crippen LogP contribution in [0, 0.1) is 5.92 Å². The van der Waals surface area contributed by atoms with Crippen molar-refractivity contribution in [2.75, 3.05) is 19.9 Å². The average molecular weight is 298 g/mol. The maximum atomic E-state index is 9.81. The number of hydrogen-bond acceptors (Lipinski definition) is 4. The summed E-state index contributed by atoms with van der Waals surface area (Å²) in [5.74, 6) is 1.22. The van der Waals surface area contributed by atoms with Gasteiger partial charge in [0.1, 0.15) is 5.75 Å². The molecular formula is C15H20ClNO3. The summed E-state index contributed by atoms with van der Waals surface area (Å²) in [6, 6.07) is 3.88. The van der Waals surface area contributed by atoms with E-state index < -0.39 is 0 Å². The van der Waals surface area contributed by atoms with E-state index in [9.17, 15) is 5.11 Å². The Bertz CT molecular complexity index is 494. The molecule has 0 saturated carbocycles. The molecule has 2 aliphatic rings. The van der Waals surface area contributed by atoms with Crippen LogP contribution in [0.15, 0.2) is 12.1 Å². The van der Waals surface area contributed by atoms with Crippen molar-refractivity contribution in [2.24, 2.45) is 5.92 Å². The second-order valence-electron chi connectivity index (χ2n) is 5.73. The number of fused-ring (bicyclic) bond motifs is 1. The van der Waals surface area contributed by atoms with Gasteiger partial charge in [-0.1, -0.05) is 18.5 Å². The van der Waals surface area contributed by atoms with Gasteiger partial charge in [-0.3, -0.25) is 4.90 Å². The minimum Gasteiger partial charge on any atom is -0.467 e. The Kier molecular flexibility index (Phi) is 4.17. The van der Waals surface area contributed by atoms with Crippen LogP contribution >= 0.6 is 11.6 Å². The summed E-state index contributed by atoms with van der Waals surface area (Å²) in [7, 11) is 0. The van der Waals surface area contributed by atoms with Crippen LogP contribution in [-0.4, -0.2) is 36.0 Å². The Morgan fingerprint density at radius 3 is 3.10 bits per heavy atom. The van der Waals surface area contributed by atoms with Gasteiger partial charge in [0.2, 0.25) is 0 Å². The number of hydrogen-bond donors (Lipinski definition) is 1. The summed E-state index contributed by atoms with van der Waals surface area (Å²) < 4.78 is 10.9. The predicted octanol–water partition coefficient (Wildman–Crippen LogP) is 2.41. The largest absolute Gasteiger partial charge is 0.467 e. The summed E-state index contributed by atoms with van der Waals surface area (Å²) in [5, 5.41) is 10.5. The molecular weight excluding hydrogens is 278 g/mol. The topological polar surface area (TPSA) is 41.9 Å². The summed E-state index contributed by atoms with van der Waals surface area (Å²) in [4.78, 5) is 2.35. The molecule has 2 atom stereocenters. The monoisotopic (exact) mass is 297 g/mol. The van der Waals surface area contributed by atoms with Gasteiger partial charge >= 0.3 is 0 Å². The lowest BCUT2D eigenvalue weighted by molar-refractivity contribution is -0.0181. The second kappa shape index (κ2) is 5.90. The number of piperidine rings is 1. The third kappa shape index (κ3) is 2.93. The molecule has 0 amide bonds. The van der Waals surface area contributed by atoms with Gasteiger partial charge in [-0.15, -0.1) is 0 Å². The fourth-order valence-electron chi connectivity index (χ4n) is 2.98. The molecule has 2 heterocycles. The molecule has 2 aliphatic heterocycles. The highest BCUT2D eigenvalue weighted by atomic mass is 35.5. The highest BCUT2D eigenvalue weighted by Gasteiger charge is 2.25. The molecule has 5 heteroatoms. The van der Waals surface area contributed by atoms with Crippen molar-refractivity contribution in [2.45, 2.75) is 32.6 Å². The van der Waals surface area contributed by atoms with Crippen LogP contribution < -0.4 is 4.74 Å². The molecule has 1 N–H and O–H groups in total. The van der Waals surface area contributed by atoms with Gasteiger partial charge < -0.3 is 14.6 Å². The Morgan fingerprint density at radius 1 is 1.45 bits per heavy atom. The first-order valence-electron chi connectivity index (χ1n) is 7.06. The van der Waals surface area contributed by atoms with E-state index >= 15 is 0 Å². The zero-order chi connectivity index (χ0) is 14.1. The molecule has 110 valence electrons. The Hall–Kier alpha value is -0.810. The highest BCUT2D eigenvalue weighted by molar-refractivity contribution is 6.30. The minimum atomic E-state index is -0.177. The summed E-state index contributed by atoms with van der Waals surface area (Å²) in [6.07, 6.45) is 0.651. The van der Waals surface area contributed by atoms with E-state index in [0.717, 1.165) is 48.0 Å². The fraction of sp³-hybridized carbons (Fsp3) is 0.600. The molecule has 1 aromatic rings. The van der Waals surface area contributed by atoms with Crippen LogP contribution in [0.1, 0.15) is 24.5 Å². The molecule has 20 heavy (non-hydrogen) atoms. The number of aliphatic hydroxyl groups excluding tert-OH is 1. The van der Waals surface area contributed by atoms with Crippen LogP contribution in [-0.2, 0) is 17.9 Å². The summed E-state index contributed by atoms with van der Waals surface area (Å²) >= 11 is 6.18. The molecule has 0 radical (unpaired) electrons. The van der Waals surface area contributed by atoms with Crippen LogP contribution in [0.4, 0.5) is 0 Å². The SMILES string of the molecule is CC1CN(Cc2cc(Cl)cc3c2OCOC3)CCC1O. The van der Waals surface area contributed by atoms with Gasteiger partial charge in [0.15, 0.2) is 6.79 Å². The standard InChI is InChI=1S/C15H20ClNO3/c1-10-6-17(3-2-14(10)18)7-11-4-13(16)5-12-8-19-9-20-15(11)12/h4-5,10,14,18H,2-3,6-9H2,1H3. The van der Waals surface area contributed by atoms with Gasteiger partial charge in [-0.2, -0.15) is 0 Å². The number of nitrogens with zero attached hydrogens (tertiary/aromatic N) is 1. The fourth-order valence-corrected chi connectivity index (χ4v) is 3.24. The third-order valence-corrected chi connectivity index (χ3v) is 4.31. The van der Waals surface area contributed by atoms with Crippen molar-refractivity contribution in [1.82, 2.24) is 4.90 Å². The molecule has 3 rings (SSSR count). The van der Waals surface area contributed by atoms with E-state index in [2.05, 4.69) is 11.8 Å². The molecule has 0 aromatic heterocycles. The molecule has 1 saturated heterocycles. The average Bonchev–Trinajstić information content (AvgIpc) is 2.43. The first-order chi connectivity index (χ1) is 9.63. The highest BCUT2D eigenvalue weighted by Crippen LogP contribution is 2.33. The number of ether oxygens (including phenoxy) is 2. The van der Waals surface area contributed by atoms with Crippen LogP contribution in [0.5, 0.6) is 5.75 Å². The van der Waals surface area contributed by atoms with Crippen molar-refractivity contribution in [3.05, 3.63) is 28.3 Å². The number of rotatable bonds is 2. The second-order valence-corrected chi connectivity index (χ2v) is 6.17. The molecule has 0 bridgehead atoms. The lowest BCUT2D eigenvalue weighted by atomic mass is 9.96. The van der Waals surface area contributed by atoms with Crippen molar-refractivity contribution < 1.29 is 14.6 Å². The van der Waals surface area contributed by atoms with Crippen molar-refractivity contribution in [3.8, 4) is 5.75 Å². The number of halogens is 1. The van der Waals surface area contributed by atoms with Crippen molar-refractivity contribution in [1.29, 1.82) is 0 Å². The van der Waals surface area contributed by atoms with E-state index in [0.29, 0.717) is 19.3 Å². The van der Waals surface area contributed by atoms with E-state index in [-0.39, 0.29) is 6.10 Å². The van der Waals surface area contributed by atoms with Crippen molar-refractivity contribution >= 4 is 11.6 Å². The van der Waals surface area contributed by atoms with Crippen LogP contribution in [0.25, 0.3) is 0 Å². The predicted molar refractivity (Wildman–Crippen MR) is 76.8 cm³/mol. The Labute approximate surface area is 124 Å². The first-order valence-corrected chi connectivity index (χ1v) is 7.43. The molecule has 1 fully saturated rings. The Morgan fingerprint density at radius 2 is 2.30 bits per heavy atom. The molecule has 4 nitrogen and oxygen atoms in total. The quantitative estimate of drug-likeness (QED) is 0.910. The lowest BCUT2D eigenvalue weighted by Gasteiger charge is -2.35.